The fraction of sp³-hybridized carbons (Fsp3) is 0.385. The Balaban J connectivity index is 1.49. The van der Waals surface area contributed by atoms with Crippen LogP contribution in [-0.2, 0) is 4.79 Å². The van der Waals surface area contributed by atoms with Crippen LogP contribution in [-0.4, -0.2) is 66.7 Å². The van der Waals surface area contributed by atoms with Crippen molar-refractivity contribution in [1.82, 2.24) is 25.7 Å². The molecule has 0 unspecified atom stereocenters. The standard InChI is InChI=1S/C26H31N7O3/c1-15-9-10-33(17-12-28-13-17)14-19(15)18-5-4-6-20(24(18)36-3)29-21-11-22(30-25(34)16-7-8-16)31-32-23(21)26(35)27-2/h4-6,9,11,14,16-17,28H,7-8,10,12-13H2,1-3H3,(H,27,35)(H2,29,30,31,34). The molecule has 0 radical (unpaired) electrons. The number of anilines is 3. The van der Waals surface area contributed by atoms with Crippen molar-refractivity contribution in [3.05, 3.63) is 53.4 Å². The minimum atomic E-state index is -0.390. The molecular weight excluding hydrogens is 458 g/mol. The highest BCUT2D eigenvalue weighted by atomic mass is 16.5. The molecule has 2 aliphatic heterocycles. The van der Waals surface area contributed by atoms with Gasteiger partial charge in [0, 0.05) is 56.0 Å². The molecule has 5 rings (SSSR count). The first-order valence-electron chi connectivity index (χ1n) is 12.2. The number of para-hydroxylation sites is 1. The first kappa shape index (κ1) is 23.8. The fourth-order valence-electron chi connectivity index (χ4n) is 4.34. The highest BCUT2D eigenvalue weighted by molar-refractivity contribution is 6.00. The van der Waals surface area contributed by atoms with Crippen molar-refractivity contribution in [2.45, 2.75) is 25.8 Å². The number of aromatic nitrogens is 2. The summed E-state index contributed by atoms with van der Waals surface area (Å²) < 4.78 is 5.88. The van der Waals surface area contributed by atoms with Crippen LogP contribution in [0.2, 0.25) is 0 Å². The lowest BCUT2D eigenvalue weighted by molar-refractivity contribution is -0.117. The summed E-state index contributed by atoms with van der Waals surface area (Å²) in [6, 6.07) is 7.97. The Labute approximate surface area is 210 Å². The molecule has 10 nitrogen and oxygen atoms in total. The molecule has 1 aliphatic carbocycles. The Hall–Kier alpha value is -3.92. The molecule has 1 aromatic heterocycles. The number of nitrogens with zero attached hydrogens (tertiary/aromatic N) is 3. The Kier molecular flexibility index (Phi) is 6.60. The zero-order valence-corrected chi connectivity index (χ0v) is 20.7. The fourth-order valence-corrected chi connectivity index (χ4v) is 4.34. The number of carbonyl (C=O) groups is 2. The van der Waals surface area contributed by atoms with Crippen molar-refractivity contribution in [2.75, 3.05) is 44.4 Å². The van der Waals surface area contributed by atoms with Gasteiger partial charge in [0.25, 0.3) is 5.91 Å². The van der Waals surface area contributed by atoms with Crippen molar-refractivity contribution in [3.63, 3.8) is 0 Å². The minimum absolute atomic E-state index is 0.0222. The number of amides is 2. The van der Waals surface area contributed by atoms with Crippen molar-refractivity contribution in [1.29, 1.82) is 0 Å². The second kappa shape index (κ2) is 9.98. The maximum absolute atomic E-state index is 12.5. The summed E-state index contributed by atoms with van der Waals surface area (Å²) in [4.78, 5) is 27.1. The van der Waals surface area contributed by atoms with E-state index in [4.69, 9.17) is 4.74 Å². The number of allylic oxidation sites excluding steroid dienone is 2. The number of benzene rings is 1. The quantitative estimate of drug-likeness (QED) is 0.447. The van der Waals surface area contributed by atoms with E-state index >= 15 is 0 Å². The van der Waals surface area contributed by atoms with Gasteiger partial charge in [-0.3, -0.25) is 9.59 Å². The number of rotatable bonds is 8. The largest absolute Gasteiger partial charge is 0.494 e. The van der Waals surface area contributed by atoms with Gasteiger partial charge in [-0.2, -0.15) is 0 Å². The normalized spacial score (nSPS) is 17.5. The van der Waals surface area contributed by atoms with Gasteiger partial charge in [-0.05, 0) is 31.4 Å². The molecule has 0 bridgehead atoms. The van der Waals surface area contributed by atoms with Crippen LogP contribution in [0.4, 0.5) is 17.2 Å². The van der Waals surface area contributed by atoms with Gasteiger partial charge in [-0.1, -0.05) is 18.2 Å². The number of methoxy groups -OCH3 is 1. The van der Waals surface area contributed by atoms with Crippen LogP contribution in [0.3, 0.4) is 0 Å². The monoisotopic (exact) mass is 489 g/mol. The van der Waals surface area contributed by atoms with E-state index in [0.29, 0.717) is 23.2 Å². The zero-order valence-electron chi connectivity index (χ0n) is 20.7. The molecule has 4 N–H and O–H groups in total. The number of hydrogen-bond acceptors (Lipinski definition) is 8. The minimum Gasteiger partial charge on any atom is -0.494 e. The maximum atomic E-state index is 12.5. The van der Waals surface area contributed by atoms with Crippen LogP contribution in [0.15, 0.2) is 42.1 Å². The van der Waals surface area contributed by atoms with Crippen molar-refractivity contribution >= 4 is 34.6 Å². The molecular formula is C26H31N7O3. The van der Waals surface area contributed by atoms with E-state index in [1.54, 1.807) is 13.2 Å². The van der Waals surface area contributed by atoms with E-state index in [9.17, 15) is 9.59 Å². The molecule has 1 aromatic carbocycles. The van der Waals surface area contributed by atoms with Gasteiger partial charge >= 0.3 is 0 Å². The van der Waals surface area contributed by atoms with Gasteiger partial charge in [0.1, 0.15) is 5.75 Å². The van der Waals surface area contributed by atoms with E-state index in [1.165, 1.54) is 12.6 Å². The average molecular weight is 490 g/mol. The third kappa shape index (κ3) is 4.76. The summed E-state index contributed by atoms with van der Waals surface area (Å²) in [6.07, 6.45) is 6.20. The SMILES string of the molecule is CNC(=O)c1nnc(NC(=O)C2CC2)cc1Nc1cccc(C2=CN(C3CNC3)CC=C2C)c1OC. The van der Waals surface area contributed by atoms with Crippen LogP contribution in [0, 0.1) is 5.92 Å². The Morgan fingerprint density at radius 2 is 1.97 bits per heavy atom. The Morgan fingerprint density at radius 3 is 2.64 bits per heavy atom. The summed E-state index contributed by atoms with van der Waals surface area (Å²) in [5.41, 5.74) is 4.41. The highest BCUT2D eigenvalue weighted by Gasteiger charge is 2.30. The van der Waals surface area contributed by atoms with E-state index in [0.717, 1.165) is 43.6 Å². The van der Waals surface area contributed by atoms with Crippen molar-refractivity contribution < 1.29 is 14.3 Å². The highest BCUT2D eigenvalue weighted by Crippen LogP contribution is 2.40. The van der Waals surface area contributed by atoms with Gasteiger partial charge in [-0.25, -0.2) is 0 Å². The topological polar surface area (TPSA) is 121 Å². The lowest BCUT2D eigenvalue weighted by Crippen LogP contribution is -2.55. The van der Waals surface area contributed by atoms with Gasteiger partial charge in [0.2, 0.25) is 5.91 Å². The molecule has 0 atom stereocenters. The second-order valence-electron chi connectivity index (χ2n) is 9.28. The summed E-state index contributed by atoms with van der Waals surface area (Å²) in [5, 5.41) is 20.2. The van der Waals surface area contributed by atoms with Crippen LogP contribution in [0.25, 0.3) is 5.57 Å². The molecule has 3 heterocycles. The lowest BCUT2D eigenvalue weighted by Gasteiger charge is -2.39. The smallest absolute Gasteiger partial charge is 0.273 e. The van der Waals surface area contributed by atoms with Crippen LogP contribution in [0.1, 0.15) is 35.8 Å². The predicted molar refractivity (Wildman–Crippen MR) is 138 cm³/mol. The first-order chi connectivity index (χ1) is 17.5. The molecule has 2 fully saturated rings. The number of hydrogen-bond donors (Lipinski definition) is 4. The number of carbonyl (C=O) groups excluding carboxylic acids is 2. The maximum Gasteiger partial charge on any atom is 0.273 e. The van der Waals surface area contributed by atoms with E-state index < -0.39 is 5.91 Å². The van der Waals surface area contributed by atoms with Gasteiger partial charge in [0.05, 0.1) is 24.5 Å². The van der Waals surface area contributed by atoms with E-state index in [1.807, 2.05) is 18.2 Å². The zero-order chi connectivity index (χ0) is 25.2. The first-order valence-corrected chi connectivity index (χ1v) is 12.2. The van der Waals surface area contributed by atoms with Crippen LogP contribution in [0.5, 0.6) is 5.75 Å². The lowest BCUT2D eigenvalue weighted by atomic mass is 9.94. The average Bonchev–Trinajstić information content (AvgIpc) is 3.69. The van der Waals surface area contributed by atoms with Gasteiger partial charge in [0.15, 0.2) is 11.5 Å². The Bertz CT molecular complexity index is 1250. The van der Waals surface area contributed by atoms with Crippen molar-refractivity contribution in [3.8, 4) is 5.75 Å². The third-order valence-electron chi connectivity index (χ3n) is 6.77. The summed E-state index contributed by atoms with van der Waals surface area (Å²) in [5.74, 6) is 0.483. The Morgan fingerprint density at radius 1 is 1.17 bits per heavy atom. The number of nitrogens with one attached hydrogen (secondary N) is 4. The third-order valence-corrected chi connectivity index (χ3v) is 6.77. The molecule has 2 amide bonds. The van der Waals surface area contributed by atoms with Gasteiger partial charge < -0.3 is 30.9 Å². The molecule has 1 saturated carbocycles. The van der Waals surface area contributed by atoms with Crippen LogP contribution < -0.4 is 26.0 Å². The summed E-state index contributed by atoms with van der Waals surface area (Å²) in [6.45, 7) is 4.95. The molecule has 1 saturated heterocycles. The summed E-state index contributed by atoms with van der Waals surface area (Å²) >= 11 is 0. The molecule has 188 valence electrons. The molecule has 36 heavy (non-hydrogen) atoms. The molecule has 10 heteroatoms. The van der Waals surface area contributed by atoms with E-state index in [2.05, 4.69) is 55.6 Å². The molecule has 3 aliphatic rings. The predicted octanol–water partition coefficient (Wildman–Crippen LogP) is 2.51. The summed E-state index contributed by atoms with van der Waals surface area (Å²) in [7, 11) is 3.16. The van der Waals surface area contributed by atoms with Crippen molar-refractivity contribution in [2.24, 2.45) is 5.92 Å². The van der Waals surface area contributed by atoms with Gasteiger partial charge in [-0.15, -0.1) is 10.2 Å². The van der Waals surface area contributed by atoms with E-state index in [-0.39, 0.29) is 23.3 Å². The van der Waals surface area contributed by atoms with Crippen LogP contribution >= 0.6 is 0 Å². The second-order valence-corrected chi connectivity index (χ2v) is 9.28. The number of ether oxygens (including phenoxy) is 1. The molecule has 2 aromatic rings. The molecule has 0 spiro atoms.